The van der Waals surface area contributed by atoms with E-state index in [1.807, 2.05) is 51.2 Å². The molecule has 0 spiro atoms. The number of amides is 1. The zero-order valence-corrected chi connectivity index (χ0v) is 40.1. The van der Waals surface area contributed by atoms with Crippen LogP contribution in [0.2, 0.25) is 0 Å². The maximum atomic E-state index is 14.3. The van der Waals surface area contributed by atoms with Crippen LogP contribution in [-0.2, 0) is 38.2 Å². The molecule has 2 saturated heterocycles. The van der Waals surface area contributed by atoms with Gasteiger partial charge in [-0.3, -0.25) is 19.2 Å². The average molecular weight is 914 g/mol. The summed E-state index contributed by atoms with van der Waals surface area (Å²) in [6.07, 6.45) is 11.3. The van der Waals surface area contributed by atoms with E-state index in [0.717, 1.165) is 10.5 Å². The van der Waals surface area contributed by atoms with Crippen molar-refractivity contribution in [2.75, 3.05) is 26.9 Å². The van der Waals surface area contributed by atoms with Gasteiger partial charge in [0, 0.05) is 62.9 Å². The van der Waals surface area contributed by atoms with Crippen LogP contribution in [0.3, 0.4) is 0 Å². The standard InChI is InChI=1S/C51H79NO13/c1-30-14-10-9-11-15-31(2)38(28-53)26-40-19-17-36(7)51(62,65-40)48(59)49(60)52-21-13-12-16-41(52)50(61)64-44(33(4)24-37-18-20-42(55)39(25-37)29-54)27-43(56)32(3)23-35(6)46(58)47(63-8)45(57)34(5)22-30/h9-11,14-15,23,30,33-42,44,46-47,53-55,58,62H,12-13,16-22,24-29H2,1-8H3/b11-9?,14-10?,31-15?,32-23+/t30-,33-,34-,35?,36-,37+,38?,39+,40+,41?,42-,44+,46?,47+,51-/m1/s1. The molecule has 0 aromatic carbocycles. The van der Waals surface area contributed by atoms with E-state index >= 15 is 0 Å². The number of piperidine rings is 1. The first kappa shape index (κ1) is 54.2. The Balaban J connectivity index is 1.70. The number of ketones is 3. The highest BCUT2D eigenvalue weighted by atomic mass is 16.6. The topological polar surface area (TPSA) is 217 Å². The Kier molecular flexibility index (Phi) is 21.0. The van der Waals surface area contributed by atoms with Gasteiger partial charge in [-0.15, -0.1) is 0 Å². The number of carbonyl (C=O) groups excluding carboxylic acids is 5. The number of carbonyl (C=O) groups is 5. The number of hydrogen-bond donors (Lipinski definition) is 5. The lowest BCUT2D eigenvalue weighted by molar-refractivity contribution is -0.265. The molecule has 1 amide bonds. The van der Waals surface area contributed by atoms with Crippen molar-refractivity contribution in [3.63, 3.8) is 0 Å². The Bertz CT molecular complexity index is 1760. The van der Waals surface area contributed by atoms with E-state index in [2.05, 4.69) is 0 Å². The third-order valence-electron chi connectivity index (χ3n) is 14.8. The van der Waals surface area contributed by atoms with Crippen LogP contribution in [0.1, 0.15) is 126 Å². The predicted molar refractivity (Wildman–Crippen MR) is 245 cm³/mol. The summed E-state index contributed by atoms with van der Waals surface area (Å²) in [6, 6.07) is -1.17. The van der Waals surface area contributed by atoms with Gasteiger partial charge in [0.1, 0.15) is 18.2 Å². The molecule has 0 aromatic heterocycles. The van der Waals surface area contributed by atoms with Crippen molar-refractivity contribution in [3.8, 4) is 0 Å². The van der Waals surface area contributed by atoms with Gasteiger partial charge in [-0.05, 0) is 108 Å². The number of esters is 1. The first-order chi connectivity index (χ1) is 30.7. The largest absolute Gasteiger partial charge is 0.460 e. The maximum Gasteiger partial charge on any atom is 0.329 e. The van der Waals surface area contributed by atoms with E-state index in [0.29, 0.717) is 63.4 Å². The summed E-state index contributed by atoms with van der Waals surface area (Å²) >= 11 is 0. The van der Waals surface area contributed by atoms with Crippen LogP contribution in [0.25, 0.3) is 0 Å². The number of rotatable bonds is 6. The molecule has 366 valence electrons. The molecular formula is C51H79NO13. The Hall–Kier alpha value is -3.37. The molecule has 1 aliphatic carbocycles. The second-order valence-electron chi connectivity index (χ2n) is 19.9. The van der Waals surface area contributed by atoms with E-state index in [-0.39, 0.29) is 80.2 Å². The number of ether oxygens (including phenoxy) is 3. The number of fused-ring (bicyclic) bond motifs is 3. The average Bonchev–Trinajstić information content (AvgIpc) is 3.28. The van der Waals surface area contributed by atoms with Crippen LogP contribution in [-0.4, -0.2) is 129 Å². The minimum atomic E-state index is -2.46. The second-order valence-corrected chi connectivity index (χ2v) is 19.9. The fourth-order valence-electron chi connectivity index (χ4n) is 10.3. The van der Waals surface area contributed by atoms with Gasteiger partial charge in [0.25, 0.3) is 11.7 Å². The van der Waals surface area contributed by atoms with E-state index in [1.165, 1.54) is 7.11 Å². The quantitative estimate of drug-likeness (QED) is 0.168. The fraction of sp³-hybridized carbons (Fsp3) is 0.745. The first-order valence-corrected chi connectivity index (χ1v) is 24.1. The fourth-order valence-corrected chi connectivity index (χ4v) is 10.3. The highest BCUT2D eigenvalue weighted by molar-refractivity contribution is 6.39. The van der Waals surface area contributed by atoms with Gasteiger partial charge >= 0.3 is 5.97 Å². The lowest BCUT2D eigenvalue weighted by Gasteiger charge is -2.42. The highest BCUT2D eigenvalue weighted by Crippen LogP contribution is 2.38. The molecule has 3 aliphatic heterocycles. The monoisotopic (exact) mass is 914 g/mol. The molecule has 14 heteroatoms. The first-order valence-electron chi connectivity index (χ1n) is 24.1. The van der Waals surface area contributed by atoms with Crippen molar-refractivity contribution in [1.82, 2.24) is 4.90 Å². The van der Waals surface area contributed by atoms with Crippen LogP contribution < -0.4 is 0 Å². The minimum Gasteiger partial charge on any atom is -0.460 e. The summed E-state index contributed by atoms with van der Waals surface area (Å²) < 4.78 is 17.9. The molecule has 14 nitrogen and oxygen atoms in total. The van der Waals surface area contributed by atoms with Crippen molar-refractivity contribution >= 4 is 29.2 Å². The highest BCUT2D eigenvalue weighted by Gasteiger charge is 2.53. The molecule has 0 aromatic rings. The van der Waals surface area contributed by atoms with Crippen LogP contribution in [0.4, 0.5) is 0 Å². The third-order valence-corrected chi connectivity index (χ3v) is 14.8. The van der Waals surface area contributed by atoms with Gasteiger partial charge in [-0.2, -0.15) is 0 Å². The van der Waals surface area contributed by atoms with Crippen molar-refractivity contribution in [2.24, 2.45) is 47.3 Å². The van der Waals surface area contributed by atoms with Gasteiger partial charge in [0.15, 0.2) is 11.6 Å². The van der Waals surface area contributed by atoms with E-state index < -0.39 is 77.8 Å². The SMILES string of the molecule is CO[C@H]1C(=O)[C@H](C)C[C@H](C)C=CC=CC=C(C)C(CO)C[C@@H]2CC[C@@H](C)[C@@](O)(O2)C(=O)C(=O)N2CCCCC2C(=O)O[C@H]([C@H](C)C[C@@H]2CC[C@@H](O)[C@H](CO)C2)CC(=O)/C(C)=C/C(C)C1O. The van der Waals surface area contributed by atoms with Crippen LogP contribution in [0.15, 0.2) is 47.6 Å². The van der Waals surface area contributed by atoms with E-state index in [9.17, 15) is 49.5 Å². The molecule has 4 unspecified atom stereocenters. The molecule has 65 heavy (non-hydrogen) atoms. The zero-order chi connectivity index (χ0) is 48.2. The molecule has 4 aliphatic rings. The van der Waals surface area contributed by atoms with Crippen molar-refractivity contribution in [3.05, 3.63) is 47.6 Å². The summed E-state index contributed by atoms with van der Waals surface area (Å²) in [7, 11) is 1.37. The molecule has 3 fully saturated rings. The summed E-state index contributed by atoms with van der Waals surface area (Å²) in [6.45, 7) is 12.2. The summed E-state index contributed by atoms with van der Waals surface area (Å²) in [5.41, 5.74) is 1.14. The molecule has 4 rings (SSSR count). The lowest BCUT2D eigenvalue weighted by atomic mass is 9.75. The Labute approximate surface area is 386 Å². The summed E-state index contributed by atoms with van der Waals surface area (Å²) in [4.78, 5) is 71.6. The van der Waals surface area contributed by atoms with E-state index in [1.54, 1.807) is 33.8 Å². The number of allylic oxidation sites excluding steroid dienone is 6. The van der Waals surface area contributed by atoms with Gasteiger partial charge in [-0.25, -0.2) is 4.79 Å². The molecule has 2 bridgehead atoms. The number of cyclic esters (lactones) is 1. The Morgan fingerprint density at radius 2 is 1.62 bits per heavy atom. The van der Waals surface area contributed by atoms with Crippen molar-refractivity contribution < 1.29 is 63.7 Å². The van der Waals surface area contributed by atoms with Crippen LogP contribution >= 0.6 is 0 Å². The Morgan fingerprint density at radius 1 is 0.892 bits per heavy atom. The van der Waals surface area contributed by atoms with Crippen LogP contribution in [0.5, 0.6) is 0 Å². The number of hydrogen-bond acceptors (Lipinski definition) is 13. The molecular weight excluding hydrogens is 835 g/mol. The molecule has 5 N–H and O–H groups in total. The van der Waals surface area contributed by atoms with Crippen LogP contribution in [0, 0.1) is 47.3 Å². The molecule has 15 atom stereocenters. The number of methoxy groups -OCH3 is 1. The number of aliphatic hydroxyl groups excluding tert-OH is 4. The molecule has 3 heterocycles. The lowest BCUT2D eigenvalue weighted by Crippen LogP contribution is -2.60. The smallest absolute Gasteiger partial charge is 0.329 e. The molecule has 1 saturated carbocycles. The van der Waals surface area contributed by atoms with Gasteiger partial charge < -0.3 is 44.6 Å². The van der Waals surface area contributed by atoms with Gasteiger partial charge in [0.05, 0.1) is 18.3 Å². The van der Waals surface area contributed by atoms with Gasteiger partial charge in [0.2, 0.25) is 5.79 Å². The number of nitrogens with zero attached hydrogens (tertiary/aromatic N) is 1. The van der Waals surface area contributed by atoms with E-state index in [4.69, 9.17) is 14.2 Å². The maximum absolute atomic E-state index is 14.3. The number of Topliss-reactive ketones (excluding diaryl/α,β-unsaturated/α-hetero) is 3. The predicted octanol–water partition coefficient (Wildman–Crippen LogP) is 5.37. The summed E-state index contributed by atoms with van der Waals surface area (Å²) in [5.74, 6) is -8.91. The second kappa shape index (κ2) is 25.1. The zero-order valence-electron chi connectivity index (χ0n) is 40.1. The van der Waals surface area contributed by atoms with Crippen molar-refractivity contribution in [1.29, 1.82) is 0 Å². The van der Waals surface area contributed by atoms with Gasteiger partial charge in [-0.1, -0.05) is 76.6 Å². The normalized spacial score (nSPS) is 38.6. The molecule has 0 radical (unpaired) electrons. The van der Waals surface area contributed by atoms with Crippen molar-refractivity contribution in [2.45, 2.75) is 168 Å². The summed E-state index contributed by atoms with van der Waals surface area (Å²) in [5, 5.41) is 54.1. The number of aliphatic hydroxyl groups is 5. The minimum absolute atomic E-state index is 0.00178. The third kappa shape index (κ3) is 14.3. The Morgan fingerprint density at radius 3 is 2.29 bits per heavy atom.